The van der Waals surface area contributed by atoms with E-state index in [-0.39, 0.29) is 22.9 Å². The van der Waals surface area contributed by atoms with Crippen molar-refractivity contribution in [3.8, 4) is 11.5 Å². The summed E-state index contributed by atoms with van der Waals surface area (Å²) in [5.74, 6) is 0.285. The topological polar surface area (TPSA) is 183 Å². The number of carbonyl (C=O) groups is 1. The molecule has 4 aliphatic rings. The summed E-state index contributed by atoms with van der Waals surface area (Å²) >= 11 is 0. The number of piperidine rings is 1. The molecule has 2 saturated carbocycles. The number of aromatic nitrogens is 2. The van der Waals surface area contributed by atoms with E-state index in [4.69, 9.17) is 4.74 Å². The van der Waals surface area contributed by atoms with Gasteiger partial charge in [0.05, 0.1) is 27.2 Å². The number of benzene rings is 3. The lowest BCUT2D eigenvalue weighted by molar-refractivity contribution is -0.384. The maximum atomic E-state index is 14.0. The van der Waals surface area contributed by atoms with Crippen LogP contribution in [0.15, 0.2) is 90.1 Å². The van der Waals surface area contributed by atoms with Crippen LogP contribution < -0.4 is 19.7 Å². The molecule has 1 atom stereocenters. The molecule has 2 aliphatic carbocycles. The van der Waals surface area contributed by atoms with E-state index in [1.807, 2.05) is 19.1 Å². The number of nitro groups is 1. The number of nitrogens with zero attached hydrogens (tertiary/aromatic N) is 4. The number of aromatic amines is 1. The molecule has 1 amide bonds. The van der Waals surface area contributed by atoms with Crippen LogP contribution in [0.1, 0.15) is 118 Å². The molecule has 9 rings (SSSR count). The number of likely N-dealkylation sites (tertiary alicyclic amines) is 1. The van der Waals surface area contributed by atoms with Gasteiger partial charge in [-0.2, -0.15) is 0 Å². The van der Waals surface area contributed by atoms with E-state index < -0.39 is 37.0 Å². The highest BCUT2D eigenvalue weighted by molar-refractivity contribution is 7.90. The minimum Gasteiger partial charge on any atom is -0.455 e. The summed E-state index contributed by atoms with van der Waals surface area (Å²) in [7, 11) is -4.56. The second-order valence-corrected chi connectivity index (χ2v) is 21.0. The second kappa shape index (κ2) is 17.5. The van der Waals surface area contributed by atoms with Gasteiger partial charge in [0.25, 0.3) is 21.6 Å². The van der Waals surface area contributed by atoms with Gasteiger partial charge in [-0.15, -0.1) is 0 Å². The van der Waals surface area contributed by atoms with Gasteiger partial charge in [-0.05, 0) is 142 Å². The first-order valence-corrected chi connectivity index (χ1v) is 24.3. The Balaban J connectivity index is 0.895. The van der Waals surface area contributed by atoms with Crippen LogP contribution >= 0.6 is 0 Å². The van der Waals surface area contributed by atoms with Gasteiger partial charge in [0.15, 0.2) is 0 Å². The van der Waals surface area contributed by atoms with E-state index in [1.165, 1.54) is 48.9 Å². The first-order valence-electron chi connectivity index (χ1n) is 22.8. The zero-order valence-corrected chi connectivity index (χ0v) is 37.7. The number of aliphatic hydroxyl groups is 1. The van der Waals surface area contributed by atoms with Gasteiger partial charge in [0.2, 0.25) is 0 Å². The number of pyridine rings is 1. The van der Waals surface area contributed by atoms with E-state index in [1.54, 1.807) is 30.6 Å². The Kier molecular flexibility index (Phi) is 11.9. The molecule has 4 fully saturated rings. The molecule has 0 unspecified atom stereocenters. The number of nitrogens with one attached hydrogen (secondary N) is 3. The number of hydrogen-bond acceptors (Lipinski definition) is 11. The molecule has 14 nitrogen and oxygen atoms in total. The number of ether oxygens (including phenoxy) is 1. The van der Waals surface area contributed by atoms with Gasteiger partial charge < -0.3 is 25.0 Å². The monoisotopic (exact) mass is 889 g/mol. The van der Waals surface area contributed by atoms with Crippen molar-refractivity contribution >= 4 is 44.0 Å². The highest BCUT2D eigenvalue weighted by Gasteiger charge is 2.50. The molecule has 0 bridgehead atoms. The van der Waals surface area contributed by atoms with Crippen molar-refractivity contribution in [3.05, 3.63) is 112 Å². The summed E-state index contributed by atoms with van der Waals surface area (Å²) in [5.41, 5.74) is 3.82. The van der Waals surface area contributed by atoms with E-state index in [0.29, 0.717) is 54.2 Å². The van der Waals surface area contributed by atoms with Crippen LogP contribution in [-0.2, 0) is 10.0 Å². The number of amides is 1. The molecule has 3 aromatic carbocycles. The van der Waals surface area contributed by atoms with E-state index in [9.17, 15) is 28.4 Å². The smallest absolute Gasteiger partial charge is 0.293 e. The third-order valence-electron chi connectivity index (χ3n) is 14.5. The molecule has 5 aromatic rings. The maximum absolute atomic E-state index is 14.0. The molecular weight excluding hydrogens is 831 g/mol. The Bertz CT molecular complexity index is 2640. The Labute approximate surface area is 375 Å². The predicted octanol–water partition coefficient (Wildman–Crippen LogP) is 9.44. The van der Waals surface area contributed by atoms with Crippen LogP contribution in [0.2, 0.25) is 0 Å². The summed E-state index contributed by atoms with van der Waals surface area (Å²) < 4.78 is 36.0. The van der Waals surface area contributed by atoms with Crippen LogP contribution in [0.4, 0.5) is 17.1 Å². The fourth-order valence-corrected chi connectivity index (χ4v) is 11.8. The third kappa shape index (κ3) is 9.07. The minimum absolute atomic E-state index is 0.0183. The highest BCUT2D eigenvalue weighted by atomic mass is 32.2. The number of carbonyl (C=O) groups excluding carboxylic acids is 1. The molecule has 2 saturated heterocycles. The Hall–Kier alpha value is -5.51. The van der Waals surface area contributed by atoms with Crippen molar-refractivity contribution < 1.29 is 28.0 Å². The Morgan fingerprint density at radius 2 is 1.77 bits per heavy atom. The summed E-state index contributed by atoms with van der Waals surface area (Å²) in [5, 5.41) is 26.4. The summed E-state index contributed by atoms with van der Waals surface area (Å²) in [4.78, 5) is 37.7. The summed E-state index contributed by atoms with van der Waals surface area (Å²) in [6.07, 6.45) is 13.1. The van der Waals surface area contributed by atoms with Gasteiger partial charge in [-0.25, -0.2) is 18.1 Å². The maximum Gasteiger partial charge on any atom is 0.293 e. The molecule has 2 aliphatic heterocycles. The van der Waals surface area contributed by atoms with Gasteiger partial charge in [0, 0.05) is 61.1 Å². The lowest BCUT2D eigenvalue weighted by Crippen LogP contribution is -2.54. The predicted molar refractivity (Wildman–Crippen MR) is 248 cm³/mol. The Morgan fingerprint density at radius 1 is 1.00 bits per heavy atom. The average Bonchev–Trinajstić information content (AvgIpc) is 3.95. The minimum atomic E-state index is -4.56. The van der Waals surface area contributed by atoms with Crippen LogP contribution in [0.5, 0.6) is 11.5 Å². The van der Waals surface area contributed by atoms with Crippen molar-refractivity contribution in [1.82, 2.24) is 19.6 Å². The molecule has 338 valence electrons. The van der Waals surface area contributed by atoms with Crippen molar-refractivity contribution in [2.75, 3.05) is 36.4 Å². The van der Waals surface area contributed by atoms with Gasteiger partial charge in [-0.3, -0.25) is 19.8 Å². The third-order valence-corrected chi connectivity index (χ3v) is 15.9. The zero-order valence-electron chi connectivity index (χ0n) is 36.9. The standard InChI is InChI=1S/C49H59N7O7S/c1-32(2)39-7-4-5-8-40(39)43-9-6-22-55(43)36-28-49(29-36)19-23-54(24-20-49)35-10-12-41(45(26-35)63-37-25-34-16-21-50-46(34)52-31-37)47(57)53-64(61,62)38-11-13-42(44(27-38)56(59)60)51-30-33-14-17-48(3,58)18-15-33/h4-5,7-8,10-13,16,21,25-27,31-33,36,43,51,58H,6,9,14-15,17-20,22-24,28-30H2,1-3H3,(H,50,52)(H,53,57)/t33-,43-,48+/m0/s1. The molecule has 0 radical (unpaired) electrons. The number of H-pyrrole nitrogens is 1. The van der Waals surface area contributed by atoms with E-state index in [2.05, 4.69) is 67.9 Å². The molecule has 15 heteroatoms. The largest absolute Gasteiger partial charge is 0.455 e. The highest BCUT2D eigenvalue weighted by Crippen LogP contribution is 2.54. The number of nitro benzene ring substituents is 1. The van der Waals surface area contributed by atoms with Crippen molar-refractivity contribution in [3.63, 3.8) is 0 Å². The summed E-state index contributed by atoms with van der Waals surface area (Å²) in [6, 6.07) is 22.4. The van der Waals surface area contributed by atoms with Crippen LogP contribution in [0, 0.1) is 21.4 Å². The number of fused-ring (bicyclic) bond motifs is 1. The molecular formula is C49H59N7O7S. The zero-order chi connectivity index (χ0) is 44.8. The molecule has 2 aromatic heterocycles. The normalized spacial score (nSPS) is 22.7. The fraction of sp³-hybridized carbons (Fsp3) is 0.469. The van der Waals surface area contributed by atoms with E-state index in [0.717, 1.165) is 62.5 Å². The quantitative estimate of drug-likeness (QED) is 0.0653. The summed E-state index contributed by atoms with van der Waals surface area (Å²) in [6.45, 7) is 9.66. The van der Waals surface area contributed by atoms with Gasteiger partial charge in [0.1, 0.15) is 22.8 Å². The van der Waals surface area contributed by atoms with Crippen LogP contribution in [0.25, 0.3) is 11.0 Å². The average molecular weight is 890 g/mol. The van der Waals surface area contributed by atoms with Crippen LogP contribution in [0.3, 0.4) is 0 Å². The number of rotatable bonds is 13. The second-order valence-electron chi connectivity index (χ2n) is 19.3. The lowest BCUT2D eigenvalue weighted by atomic mass is 9.59. The van der Waals surface area contributed by atoms with E-state index >= 15 is 0 Å². The number of hydrogen-bond donors (Lipinski definition) is 4. The molecule has 4 heterocycles. The molecule has 64 heavy (non-hydrogen) atoms. The van der Waals surface area contributed by atoms with Crippen molar-refractivity contribution in [2.24, 2.45) is 11.3 Å². The van der Waals surface area contributed by atoms with Gasteiger partial charge >= 0.3 is 0 Å². The molecule has 1 spiro atoms. The number of sulfonamides is 1. The van der Waals surface area contributed by atoms with Crippen molar-refractivity contribution in [1.29, 1.82) is 0 Å². The van der Waals surface area contributed by atoms with Crippen LogP contribution in [-0.4, -0.2) is 77.0 Å². The van der Waals surface area contributed by atoms with Crippen molar-refractivity contribution in [2.45, 2.75) is 113 Å². The first-order chi connectivity index (χ1) is 30.7. The lowest BCUT2D eigenvalue weighted by Gasteiger charge is -2.56. The Morgan fingerprint density at radius 3 is 2.52 bits per heavy atom. The number of anilines is 2. The van der Waals surface area contributed by atoms with Gasteiger partial charge in [-0.1, -0.05) is 38.1 Å². The SMILES string of the molecule is CC(C)c1ccccc1[C@@H]1CCCN1C1CC2(CCN(c3ccc(C(=O)NS(=O)(=O)c4ccc(NC[C@H]5CC[C@@](C)(O)CC5)c([N+](=O)[O-])c4)c(Oc4cnc5[nH]ccc5c4)c3)CC2)C1. The first kappa shape index (κ1) is 43.7. The molecule has 4 N–H and O–H groups in total. The fourth-order valence-electron chi connectivity index (χ4n) is 10.8.